The fourth-order valence-electron chi connectivity index (χ4n) is 3.46. The van der Waals surface area contributed by atoms with Gasteiger partial charge in [-0.2, -0.15) is 0 Å². The molecule has 1 N–H and O–H groups in total. The van der Waals surface area contributed by atoms with Crippen molar-refractivity contribution in [3.63, 3.8) is 0 Å². The van der Waals surface area contributed by atoms with E-state index >= 15 is 0 Å². The number of fused-ring (bicyclic) bond motifs is 1. The molecule has 0 spiro atoms. The van der Waals surface area contributed by atoms with E-state index in [0.717, 1.165) is 36.3 Å². The molecule has 1 atom stereocenters. The van der Waals surface area contributed by atoms with E-state index in [4.69, 9.17) is 16.6 Å². The zero-order valence-corrected chi connectivity index (χ0v) is 16.2. The third kappa shape index (κ3) is 4.13. The smallest absolute Gasteiger partial charge is 0.238 e. The minimum Gasteiger partial charge on any atom is -0.324 e. The molecule has 0 radical (unpaired) electrons. The first kappa shape index (κ1) is 18.3. The fraction of sp³-hybridized carbons (Fsp3) is 0.300. The van der Waals surface area contributed by atoms with Crippen LogP contribution in [0.25, 0.3) is 10.2 Å². The van der Waals surface area contributed by atoms with Gasteiger partial charge < -0.3 is 5.32 Å². The summed E-state index contributed by atoms with van der Waals surface area (Å²) in [6, 6.07) is 12.2. The first-order chi connectivity index (χ1) is 13.1. The van der Waals surface area contributed by atoms with Gasteiger partial charge in [0.25, 0.3) is 0 Å². The first-order valence-electron chi connectivity index (χ1n) is 8.94. The van der Waals surface area contributed by atoms with Gasteiger partial charge in [-0.15, -0.1) is 11.3 Å². The highest BCUT2D eigenvalue weighted by Crippen LogP contribution is 2.35. The van der Waals surface area contributed by atoms with E-state index < -0.39 is 5.82 Å². The van der Waals surface area contributed by atoms with E-state index in [-0.39, 0.29) is 23.5 Å². The Morgan fingerprint density at radius 1 is 1.30 bits per heavy atom. The van der Waals surface area contributed by atoms with Crippen LogP contribution >= 0.6 is 22.9 Å². The van der Waals surface area contributed by atoms with Gasteiger partial charge in [0.05, 0.1) is 33.5 Å². The minimum absolute atomic E-state index is 0.144. The van der Waals surface area contributed by atoms with Crippen molar-refractivity contribution >= 4 is 44.7 Å². The lowest BCUT2D eigenvalue weighted by Crippen LogP contribution is -2.39. The molecule has 2 heterocycles. The number of rotatable bonds is 4. The predicted octanol–water partition coefficient (Wildman–Crippen LogP) is 5.25. The summed E-state index contributed by atoms with van der Waals surface area (Å²) < 4.78 is 14.3. The molecule has 1 aliphatic rings. The average Bonchev–Trinajstić information content (AvgIpc) is 3.08. The Balaban J connectivity index is 1.49. The second kappa shape index (κ2) is 7.92. The molecule has 0 unspecified atom stereocenters. The number of hydrogen-bond donors (Lipinski definition) is 1. The summed E-state index contributed by atoms with van der Waals surface area (Å²) >= 11 is 7.70. The molecule has 0 saturated carbocycles. The number of likely N-dealkylation sites (tertiary alicyclic amines) is 1. The van der Waals surface area contributed by atoms with E-state index in [2.05, 4.69) is 16.3 Å². The molecule has 3 aromatic rings. The second-order valence-electron chi connectivity index (χ2n) is 6.67. The van der Waals surface area contributed by atoms with Crippen molar-refractivity contribution in [2.45, 2.75) is 25.3 Å². The van der Waals surface area contributed by atoms with Gasteiger partial charge in [0.1, 0.15) is 10.8 Å². The molecular formula is C20H19ClFN3OS. The van der Waals surface area contributed by atoms with Crippen LogP contribution in [0.15, 0.2) is 42.5 Å². The van der Waals surface area contributed by atoms with Gasteiger partial charge in [-0.25, -0.2) is 9.37 Å². The number of hydrogen-bond acceptors (Lipinski definition) is 4. The van der Waals surface area contributed by atoms with Crippen molar-refractivity contribution in [3.05, 3.63) is 58.3 Å². The van der Waals surface area contributed by atoms with Gasteiger partial charge in [0.2, 0.25) is 5.91 Å². The Hall–Kier alpha value is -2.02. The highest BCUT2D eigenvalue weighted by molar-refractivity contribution is 7.18. The van der Waals surface area contributed by atoms with E-state index in [1.165, 1.54) is 22.9 Å². The Kier molecular flexibility index (Phi) is 5.38. The largest absolute Gasteiger partial charge is 0.324 e. The summed E-state index contributed by atoms with van der Waals surface area (Å²) in [5, 5.41) is 4.04. The van der Waals surface area contributed by atoms with Crippen LogP contribution in [0, 0.1) is 5.82 Å². The van der Waals surface area contributed by atoms with Crippen molar-refractivity contribution in [1.29, 1.82) is 0 Å². The summed E-state index contributed by atoms with van der Waals surface area (Å²) in [5.74, 6) is -0.582. The standard InChI is InChI=1S/C20H19ClFN3OS/c21-14-11-13(22)8-9-15(14)23-19(26)12-25-10-4-3-6-17(25)20-24-16-5-1-2-7-18(16)27-20/h1-2,5,7-9,11,17H,3-4,6,10,12H2,(H,23,26)/t17-/m1/s1. The van der Waals surface area contributed by atoms with Crippen LogP contribution in [0.3, 0.4) is 0 Å². The molecule has 0 bridgehead atoms. The van der Waals surface area contributed by atoms with Crippen molar-refractivity contribution in [1.82, 2.24) is 9.88 Å². The maximum atomic E-state index is 13.2. The van der Waals surface area contributed by atoms with Gasteiger partial charge >= 0.3 is 0 Å². The number of piperidine rings is 1. The lowest BCUT2D eigenvalue weighted by atomic mass is 10.0. The van der Waals surface area contributed by atoms with Gasteiger partial charge in [0, 0.05) is 0 Å². The van der Waals surface area contributed by atoms with E-state index in [9.17, 15) is 9.18 Å². The molecule has 1 amide bonds. The monoisotopic (exact) mass is 403 g/mol. The fourth-order valence-corrected chi connectivity index (χ4v) is 4.81. The normalized spacial score (nSPS) is 17.9. The van der Waals surface area contributed by atoms with Crippen LogP contribution in [0.1, 0.15) is 30.3 Å². The van der Waals surface area contributed by atoms with E-state index in [0.29, 0.717) is 5.69 Å². The highest BCUT2D eigenvalue weighted by Gasteiger charge is 2.28. The zero-order chi connectivity index (χ0) is 18.8. The molecule has 4 rings (SSSR count). The molecule has 2 aromatic carbocycles. The Bertz CT molecular complexity index is 944. The summed E-state index contributed by atoms with van der Waals surface area (Å²) in [6.07, 6.45) is 3.18. The molecule has 0 aliphatic carbocycles. The van der Waals surface area contributed by atoms with Gasteiger partial charge in [-0.1, -0.05) is 30.2 Å². The van der Waals surface area contributed by atoms with Crippen molar-refractivity contribution in [3.8, 4) is 0 Å². The summed E-state index contributed by atoms with van der Waals surface area (Å²) in [5.41, 5.74) is 1.43. The molecule has 1 aliphatic heterocycles. The number of amides is 1. The third-order valence-electron chi connectivity index (χ3n) is 4.76. The van der Waals surface area contributed by atoms with Gasteiger partial charge in [-0.3, -0.25) is 9.69 Å². The van der Waals surface area contributed by atoms with Crippen LogP contribution in [0.2, 0.25) is 5.02 Å². The molecule has 1 fully saturated rings. The summed E-state index contributed by atoms with van der Waals surface area (Å²) in [7, 11) is 0. The Labute approximate surface area is 166 Å². The highest BCUT2D eigenvalue weighted by atomic mass is 35.5. The molecule has 7 heteroatoms. The number of thiazole rings is 1. The quantitative estimate of drug-likeness (QED) is 0.646. The molecule has 1 saturated heterocycles. The number of halogens is 2. The lowest BCUT2D eigenvalue weighted by Gasteiger charge is -2.33. The Morgan fingerprint density at radius 3 is 2.96 bits per heavy atom. The van der Waals surface area contributed by atoms with Crippen LogP contribution in [0.4, 0.5) is 10.1 Å². The van der Waals surface area contributed by atoms with Crippen molar-refractivity contribution in [2.75, 3.05) is 18.4 Å². The van der Waals surface area contributed by atoms with Crippen LogP contribution in [-0.4, -0.2) is 28.9 Å². The van der Waals surface area contributed by atoms with Crippen molar-refractivity contribution < 1.29 is 9.18 Å². The summed E-state index contributed by atoms with van der Waals surface area (Å²) in [6.45, 7) is 1.11. The van der Waals surface area contributed by atoms with Crippen LogP contribution in [0.5, 0.6) is 0 Å². The molecule has 1 aromatic heterocycles. The number of carbonyl (C=O) groups is 1. The molecule has 4 nitrogen and oxygen atoms in total. The maximum Gasteiger partial charge on any atom is 0.238 e. The predicted molar refractivity (Wildman–Crippen MR) is 108 cm³/mol. The number of anilines is 1. The topological polar surface area (TPSA) is 45.2 Å². The van der Waals surface area contributed by atoms with Gasteiger partial charge in [-0.05, 0) is 49.7 Å². The molecule has 27 heavy (non-hydrogen) atoms. The van der Waals surface area contributed by atoms with Crippen LogP contribution in [-0.2, 0) is 4.79 Å². The zero-order valence-electron chi connectivity index (χ0n) is 14.6. The van der Waals surface area contributed by atoms with E-state index in [1.54, 1.807) is 11.3 Å². The lowest BCUT2D eigenvalue weighted by molar-refractivity contribution is -0.118. The molecular weight excluding hydrogens is 385 g/mol. The minimum atomic E-state index is -0.426. The SMILES string of the molecule is O=C(CN1CCCC[C@@H]1c1nc2ccccc2s1)Nc1ccc(F)cc1Cl. The second-order valence-corrected chi connectivity index (χ2v) is 8.14. The Morgan fingerprint density at radius 2 is 2.15 bits per heavy atom. The van der Waals surface area contributed by atoms with E-state index in [1.807, 2.05) is 18.2 Å². The number of aromatic nitrogens is 1. The van der Waals surface area contributed by atoms with Crippen molar-refractivity contribution in [2.24, 2.45) is 0 Å². The average molecular weight is 404 g/mol. The summed E-state index contributed by atoms with van der Waals surface area (Å²) in [4.78, 5) is 19.5. The maximum absolute atomic E-state index is 13.2. The first-order valence-corrected chi connectivity index (χ1v) is 10.1. The number of nitrogens with zero attached hydrogens (tertiary/aromatic N) is 2. The van der Waals surface area contributed by atoms with Crippen LogP contribution < -0.4 is 5.32 Å². The third-order valence-corrected chi connectivity index (χ3v) is 6.21. The number of nitrogens with one attached hydrogen (secondary N) is 1. The molecule has 140 valence electrons. The number of benzene rings is 2. The number of para-hydroxylation sites is 1. The van der Waals surface area contributed by atoms with Gasteiger partial charge in [0.15, 0.2) is 0 Å². The number of carbonyl (C=O) groups excluding carboxylic acids is 1.